The van der Waals surface area contributed by atoms with Gasteiger partial charge in [-0.3, -0.25) is 9.59 Å². The molecule has 0 bridgehead atoms. The van der Waals surface area contributed by atoms with Crippen molar-refractivity contribution in [1.29, 1.82) is 0 Å². The summed E-state index contributed by atoms with van der Waals surface area (Å²) in [5.41, 5.74) is 1.23. The molecule has 4 nitrogen and oxygen atoms in total. The van der Waals surface area contributed by atoms with Crippen molar-refractivity contribution in [1.82, 2.24) is 5.32 Å². The lowest BCUT2D eigenvalue weighted by Crippen LogP contribution is -2.24. The number of carbonyl (C=O) groups excluding carboxylic acids is 2. The average molecular weight is 424 g/mol. The molecule has 0 saturated heterocycles. The highest BCUT2D eigenvalue weighted by atomic mass is 16.3. The fraction of sp³-hybridized carbons (Fsp3) is 0.556. The second-order valence-corrected chi connectivity index (χ2v) is 9.10. The van der Waals surface area contributed by atoms with Crippen molar-refractivity contribution in [3.63, 3.8) is 0 Å². The van der Waals surface area contributed by atoms with E-state index in [4.69, 9.17) is 0 Å². The van der Waals surface area contributed by atoms with Gasteiger partial charge in [0.25, 0.3) is 0 Å². The van der Waals surface area contributed by atoms with Gasteiger partial charge >= 0.3 is 0 Å². The van der Waals surface area contributed by atoms with Crippen LogP contribution in [0.2, 0.25) is 0 Å². The molecule has 2 N–H and O–H groups in total. The standard InChI is InChI=1S/C27H37NO3/c29-24(17-14-21-8-4-3-5-9-21)18-15-23-16-19-26(30)25(23)10-6-1-2-7-11-27(31)28-20-22-12-13-22/h1,3-6,8-9,15,18,22-25,29H,2,7,10-14,16-17,19-20H2,(H,28,31)/b6-1-,18-15+/t23-,24-,25+/m0/s1. The van der Waals surface area contributed by atoms with E-state index >= 15 is 0 Å². The van der Waals surface area contributed by atoms with Gasteiger partial charge in [-0.15, -0.1) is 0 Å². The first-order valence-corrected chi connectivity index (χ1v) is 12.0. The zero-order chi connectivity index (χ0) is 21.9. The smallest absolute Gasteiger partial charge is 0.220 e. The largest absolute Gasteiger partial charge is 0.389 e. The van der Waals surface area contributed by atoms with Gasteiger partial charge in [-0.25, -0.2) is 0 Å². The Bertz CT molecular complexity index is 751. The minimum Gasteiger partial charge on any atom is -0.389 e. The minimum absolute atomic E-state index is 0.0238. The highest BCUT2D eigenvalue weighted by molar-refractivity contribution is 5.83. The summed E-state index contributed by atoms with van der Waals surface area (Å²) in [6.45, 7) is 0.842. The van der Waals surface area contributed by atoms with Crippen molar-refractivity contribution >= 4 is 11.7 Å². The molecule has 3 atom stereocenters. The lowest BCUT2D eigenvalue weighted by Gasteiger charge is -2.14. The van der Waals surface area contributed by atoms with Gasteiger partial charge in [0.15, 0.2) is 0 Å². The van der Waals surface area contributed by atoms with Gasteiger partial charge < -0.3 is 10.4 Å². The third-order valence-electron chi connectivity index (χ3n) is 6.42. The molecule has 0 aromatic heterocycles. The highest BCUT2D eigenvalue weighted by Crippen LogP contribution is 2.33. The fourth-order valence-corrected chi connectivity index (χ4v) is 4.21. The molecule has 31 heavy (non-hydrogen) atoms. The number of aryl methyl sites for hydroxylation is 1. The Balaban J connectivity index is 1.33. The van der Waals surface area contributed by atoms with Crippen LogP contribution in [0.4, 0.5) is 0 Å². The summed E-state index contributed by atoms with van der Waals surface area (Å²) in [6, 6.07) is 10.2. The fourth-order valence-electron chi connectivity index (χ4n) is 4.21. The number of hydrogen-bond acceptors (Lipinski definition) is 3. The van der Waals surface area contributed by atoms with E-state index in [1.807, 2.05) is 24.3 Å². The SMILES string of the molecule is O=C(CCC/C=C\C[C@H]1C(=O)CC[C@@H]1/C=C/[C@@H](O)CCc1ccccc1)NCC1CC1. The number of hydrogen-bond donors (Lipinski definition) is 2. The Morgan fingerprint density at radius 1 is 1.16 bits per heavy atom. The molecule has 2 saturated carbocycles. The Morgan fingerprint density at radius 2 is 1.97 bits per heavy atom. The zero-order valence-corrected chi connectivity index (χ0v) is 18.5. The summed E-state index contributed by atoms with van der Waals surface area (Å²) >= 11 is 0. The molecule has 1 aromatic rings. The Morgan fingerprint density at radius 3 is 2.74 bits per heavy atom. The van der Waals surface area contributed by atoms with E-state index in [1.165, 1.54) is 18.4 Å². The van der Waals surface area contributed by atoms with Crippen LogP contribution in [-0.4, -0.2) is 29.4 Å². The van der Waals surface area contributed by atoms with Gasteiger partial charge in [-0.05, 0) is 68.8 Å². The number of amides is 1. The number of nitrogens with one attached hydrogen (secondary N) is 1. The van der Waals surface area contributed by atoms with Crippen molar-refractivity contribution in [3.05, 3.63) is 60.2 Å². The first kappa shape index (κ1) is 23.5. The molecule has 4 heteroatoms. The van der Waals surface area contributed by atoms with Gasteiger partial charge in [0.05, 0.1) is 6.10 Å². The summed E-state index contributed by atoms with van der Waals surface area (Å²) in [6.07, 6.45) is 16.3. The average Bonchev–Trinajstić information content (AvgIpc) is 3.55. The molecule has 0 radical (unpaired) electrons. The first-order chi connectivity index (χ1) is 15.1. The van der Waals surface area contributed by atoms with Crippen LogP contribution < -0.4 is 5.32 Å². The van der Waals surface area contributed by atoms with Crippen LogP contribution in [0.5, 0.6) is 0 Å². The quantitative estimate of drug-likeness (QED) is 0.355. The topological polar surface area (TPSA) is 66.4 Å². The Kier molecular flexibility index (Phi) is 9.54. The monoisotopic (exact) mass is 423 g/mol. The molecule has 0 spiro atoms. The number of benzene rings is 1. The maximum absolute atomic E-state index is 12.3. The van der Waals surface area contributed by atoms with Crippen LogP contribution in [0.1, 0.15) is 63.4 Å². The molecule has 0 aliphatic heterocycles. The molecular formula is C27H37NO3. The third kappa shape index (κ3) is 8.82. The van der Waals surface area contributed by atoms with Crippen LogP contribution in [-0.2, 0) is 16.0 Å². The predicted molar refractivity (Wildman–Crippen MR) is 124 cm³/mol. The number of Topliss-reactive ketones (excluding diaryl/α,β-unsaturated/α-hetero) is 1. The lowest BCUT2D eigenvalue weighted by atomic mass is 9.91. The summed E-state index contributed by atoms with van der Waals surface area (Å²) in [5.74, 6) is 1.45. The van der Waals surface area contributed by atoms with Crippen molar-refractivity contribution < 1.29 is 14.7 Å². The van der Waals surface area contributed by atoms with Crippen LogP contribution in [0, 0.1) is 17.8 Å². The van der Waals surface area contributed by atoms with Crippen LogP contribution in [0.3, 0.4) is 0 Å². The molecular weight excluding hydrogens is 386 g/mol. The number of unbranched alkanes of at least 4 members (excludes halogenated alkanes) is 1. The maximum atomic E-state index is 12.3. The van der Waals surface area contributed by atoms with E-state index in [9.17, 15) is 14.7 Å². The van der Waals surface area contributed by atoms with Crippen molar-refractivity contribution in [2.75, 3.05) is 6.54 Å². The lowest BCUT2D eigenvalue weighted by molar-refractivity contribution is -0.121. The highest BCUT2D eigenvalue weighted by Gasteiger charge is 2.31. The van der Waals surface area contributed by atoms with Crippen LogP contribution in [0.25, 0.3) is 0 Å². The maximum Gasteiger partial charge on any atom is 0.220 e. The number of allylic oxidation sites excluding steroid dienone is 3. The molecule has 0 unspecified atom stereocenters. The normalized spacial score (nSPS) is 22.4. The van der Waals surface area contributed by atoms with Crippen molar-refractivity contribution in [3.8, 4) is 0 Å². The van der Waals surface area contributed by atoms with E-state index in [0.29, 0.717) is 25.0 Å². The molecule has 0 heterocycles. The minimum atomic E-state index is -0.474. The summed E-state index contributed by atoms with van der Waals surface area (Å²) < 4.78 is 0. The van der Waals surface area contributed by atoms with Crippen molar-refractivity contribution in [2.24, 2.45) is 17.8 Å². The number of carbonyl (C=O) groups is 2. The van der Waals surface area contributed by atoms with Crippen molar-refractivity contribution in [2.45, 2.75) is 70.3 Å². The second kappa shape index (κ2) is 12.6. The summed E-state index contributed by atoms with van der Waals surface area (Å²) in [4.78, 5) is 24.0. The third-order valence-corrected chi connectivity index (χ3v) is 6.42. The predicted octanol–water partition coefficient (Wildman–Crippen LogP) is 4.77. The number of aliphatic hydroxyl groups is 1. The van der Waals surface area contributed by atoms with E-state index in [2.05, 4.69) is 35.7 Å². The summed E-state index contributed by atoms with van der Waals surface area (Å²) in [5, 5.41) is 13.3. The van der Waals surface area contributed by atoms with E-state index in [0.717, 1.165) is 44.6 Å². The zero-order valence-electron chi connectivity index (χ0n) is 18.5. The van der Waals surface area contributed by atoms with Crippen LogP contribution >= 0.6 is 0 Å². The molecule has 2 fully saturated rings. The van der Waals surface area contributed by atoms with Gasteiger partial charge in [0, 0.05) is 25.3 Å². The summed E-state index contributed by atoms with van der Waals surface area (Å²) in [7, 11) is 0. The molecule has 2 aliphatic carbocycles. The molecule has 3 rings (SSSR count). The molecule has 1 amide bonds. The Labute approximate surface area is 186 Å². The van der Waals surface area contributed by atoms with E-state index < -0.39 is 6.10 Å². The molecule has 2 aliphatic rings. The van der Waals surface area contributed by atoms with Crippen LogP contribution in [0.15, 0.2) is 54.6 Å². The van der Waals surface area contributed by atoms with Gasteiger partial charge in [0.2, 0.25) is 5.91 Å². The van der Waals surface area contributed by atoms with E-state index in [1.54, 1.807) is 0 Å². The van der Waals surface area contributed by atoms with Gasteiger partial charge in [0.1, 0.15) is 5.78 Å². The number of rotatable bonds is 13. The number of ketones is 1. The van der Waals surface area contributed by atoms with E-state index in [-0.39, 0.29) is 17.7 Å². The van der Waals surface area contributed by atoms with Gasteiger partial charge in [-0.1, -0.05) is 54.6 Å². The first-order valence-electron chi connectivity index (χ1n) is 12.0. The number of aliphatic hydroxyl groups excluding tert-OH is 1. The molecule has 168 valence electrons. The second-order valence-electron chi connectivity index (χ2n) is 9.10. The molecule has 1 aromatic carbocycles. The Hall–Kier alpha value is -2.20. The van der Waals surface area contributed by atoms with Gasteiger partial charge in [-0.2, -0.15) is 0 Å².